The second-order valence-electron chi connectivity index (χ2n) is 11.6. The van der Waals surface area contributed by atoms with Gasteiger partial charge in [0.25, 0.3) is 15.9 Å². The van der Waals surface area contributed by atoms with Crippen LogP contribution < -0.4 is 15.4 Å². The lowest BCUT2D eigenvalue weighted by molar-refractivity contribution is -0.141. The summed E-state index contributed by atoms with van der Waals surface area (Å²) < 4.78 is 43.5. The standard InChI is InChI=1S/C26H41FN4O7S/c1-25(2,3)38-24(35)28-19-13-10-8-6-4-5-7-9-12-18-16-26(18,23(34)30-39(36,37)17-27)29-21(32)20-14-11-15-31(20)22(19)33/h9,12,18-20H,4-8,10-11,13-17H2,1-3H3,(H,28,35)(H,29,32)(H,30,34)/b12-9-/t18-,19?,20+,26-/m1/s1. The topological polar surface area (TPSA) is 151 Å². The third-order valence-corrected chi connectivity index (χ3v) is 8.00. The molecule has 0 aromatic heterocycles. The van der Waals surface area contributed by atoms with E-state index in [9.17, 15) is 32.0 Å². The fraction of sp³-hybridized carbons (Fsp3) is 0.769. The summed E-state index contributed by atoms with van der Waals surface area (Å²) in [4.78, 5) is 54.0. The first kappa shape index (κ1) is 30.8. The first-order chi connectivity index (χ1) is 18.3. The highest BCUT2D eigenvalue weighted by atomic mass is 32.2. The average Bonchev–Trinajstić information content (AvgIpc) is 3.30. The van der Waals surface area contributed by atoms with Crippen molar-refractivity contribution in [3.63, 3.8) is 0 Å². The Hall–Kier alpha value is -2.70. The lowest BCUT2D eigenvalue weighted by Crippen LogP contribution is -2.58. The molecule has 0 spiro atoms. The number of ether oxygens (including phenoxy) is 1. The molecule has 11 nitrogen and oxygen atoms in total. The summed E-state index contributed by atoms with van der Waals surface area (Å²) >= 11 is 0. The highest BCUT2D eigenvalue weighted by molar-refractivity contribution is 7.89. The number of rotatable bonds is 4. The fourth-order valence-electron chi connectivity index (χ4n) is 5.16. The zero-order valence-electron chi connectivity index (χ0n) is 23.0. The van der Waals surface area contributed by atoms with Gasteiger partial charge in [0.1, 0.15) is 23.2 Å². The van der Waals surface area contributed by atoms with Gasteiger partial charge in [-0.25, -0.2) is 22.3 Å². The van der Waals surface area contributed by atoms with Crippen LogP contribution in [0.2, 0.25) is 0 Å². The zero-order chi connectivity index (χ0) is 28.8. The van der Waals surface area contributed by atoms with Gasteiger partial charge in [0.2, 0.25) is 17.8 Å². The van der Waals surface area contributed by atoms with Crippen LogP contribution in [0.15, 0.2) is 12.2 Å². The lowest BCUT2D eigenvalue weighted by atomic mass is 10.0. The molecule has 3 N–H and O–H groups in total. The van der Waals surface area contributed by atoms with E-state index in [1.807, 2.05) is 6.08 Å². The number of hydrogen-bond acceptors (Lipinski definition) is 7. The summed E-state index contributed by atoms with van der Waals surface area (Å²) in [5, 5.41) is 5.37. The molecule has 0 radical (unpaired) electrons. The monoisotopic (exact) mass is 572 g/mol. The van der Waals surface area contributed by atoms with Crippen LogP contribution in [-0.4, -0.2) is 72.9 Å². The number of carbonyl (C=O) groups is 4. The molecule has 13 heteroatoms. The van der Waals surface area contributed by atoms with Gasteiger partial charge in [-0.15, -0.1) is 0 Å². The van der Waals surface area contributed by atoms with Gasteiger partial charge < -0.3 is 20.3 Å². The number of halogens is 1. The number of carbonyl (C=O) groups excluding carboxylic acids is 4. The maximum Gasteiger partial charge on any atom is 0.408 e. The van der Waals surface area contributed by atoms with Crippen molar-refractivity contribution >= 4 is 33.8 Å². The highest BCUT2D eigenvalue weighted by Gasteiger charge is 2.61. The Balaban J connectivity index is 1.84. The molecule has 0 aromatic carbocycles. The van der Waals surface area contributed by atoms with Crippen LogP contribution in [0, 0.1) is 5.92 Å². The molecule has 2 fully saturated rings. The van der Waals surface area contributed by atoms with Crippen LogP contribution in [-0.2, 0) is 29.1 Å². The van der Waals surface area contributed by atoms with Crippen molar-refractivity contribution in [1.82, 2.24) is 20.3 Å². The van der Waals surface area contributed by atoms with Gasteiger partial charge in [-0.05, 0) is 59.3 Å². The number of sulfonamides is 1. The molecular formula is C26H41FN4O7S. The Bertz CT molecular complexity index is 1070. The number of hydrogen-bond donors (Lipinski definition) is 3. The molecule has 1 aliphatic carbocycles. The van der Waals surface area contributed by atoms with Crippen molar-refractivity contribution in [1.29, 1.82) is 0 Å². The predicted octanol–water partition coefficient (Wildman–Crippen LogP) is 2.42. The van der Waals surface area contributed by atoms with E-state index in [1.165, 1.54) is 4.90 Å². The molecule has 0 bridgehead atoms. The number of amides is 4. The normalized spacial score (nSPS) is 29.7. The molecule has 39 heavy (non-hydrogen) atoms. The Morgan fingerprint density at radius 2 is 1.82 bits per heavy atom. The summed E-state index contributed by atoms with van der Waals surface area (Å²) in [6.07, 6.45) is 9.57. The molecule has 0 aromatic rings. The number of nitrogens with zero attached hydrogens (tertiary/aromatic N) is 1. The second kappa shape index (κ2) is 12.6. The Morgan fingerprint density at radius 1 is 1.13 bits per heavy atom. The molecule has 2 aliphatic heterocycles. The minimum absolute atomic E-state index is 0.159. The third kappa shape index (κ3) is 8.39. The number of fused-ring (bicyclic) bond motifs is 2. The van der Waals surface area contributed by atoms with Gasteiger partial charge >= 0.3 is 6.09 Å². The molecule has 1 unspecified atom stereocenters. The maximum absolute atomic E-state index is 13.6. The van der Waals surface area contributed by atoms with Crippen LogP contribution >= 0.6 is 0 Å². The summed E-state index contributed by atoms with van der Waals surface area (Å²) in [5.41, 5.74) is -2.30. The molecule has 3 aliphatic rings. The number of alkyl halides is 1. The van der Waals surface area contributed by atoms with Gasteiger partial charge in [0.15, 0.2) is 0 Å². The van der Waals surface area contributed by atoms with E-state index in [-0.39, 0.29) is 6.42 Å². The summed E-state index contributed by atoms with van der Waals surface area (Å²) in [6, 6.07) is -3.55. The summed E-state index contributed by atoms with van der Waals surface area (Å²) in [5.74, 6) is -2.46. The van der Waals surface area contributed by atoms with Crippen molar-refractivity contribution in [2.24, 2.45) is 5.92 Å². The largest absolute Gasteiger partial charge is 0.444 e. The van der Waals surface area contributed by atoms with Gasteiger partial charge in [-0.3, -0.25) is 14.4 Å². The summed E-state index contributed by atoms with van der Waals surface area (Å²) in [6.45, 7) is 5.47. The molecule has 4 atom stereocenters. The summed E-state index contributed by atoms with van der Waals surface area (Å²) in [7, 11) is -4.49. The van der Waals surface area contributed by atoms with E-state index >= 15 is 0 Å². The van der Waals surface area contributed by atoms with Crippen molar-refractivity contribution in [3.8, 4) is 0 Å². The minimum Gasteiger partial charge on any atom is -0.444 e. The molecule has 4 amide bonds. The van der Waals surface area contributed by atoms with E-state index < -0.39 is 69.0 Å². The van der Waals surface area contributed by atoms with Crippen LogP contribution in [0.5, 0.6) is 0 Å². The van der Waals surface area contributed by atoms with E-state index in [0.717, 1.165) is 32.1 Å². The first-order valence-electron chi connectivity index (χ1n) is 13.7. The van der Waals surface area contributed by atoms with Crippen LogP contribution in [0.4, 0.5) is 9.18 Å². The van der Waals surface area contributed by atoms with Crippen LogP contribution in [0.1, 0.15) is 85.0 Å². The highest BCUT2D eigenvalue weighted by Crippen LogP contribution is 2.45. The molecule has 3 rings (SSSR count). The van der Waals surface area contributed by atoms with E-state index in [0.29, 0.717) is 32.2 Å². The predicted molar refractivity (Wildman–Crippen MR) is 141 cm³/mol. The van der Waals surface area contributed by atoms with Crippen molar-refractivity contribution < 1.29 is 36.7 Å². The second-order valence-corrected chi connectivity index (χ2v) is 13.2. The van der Waals surface area contributed by atoms with E-state index in [4.69, 9.17) is 4.74 Å². The van der Waals surface area contributed by atoms with Crippen molar-refractivity contribution in [2.45, 2.75) is 108 Å². The van der Waals surface area contributed by atoms with E-state index in [1.54, 1.807) is 31.6 Å². The molecule has 1 saturated carbocycles. The molecule has 1 saturated heterocycles. The van der Waals surface area contributed by atoms with Gasteiger partial charge in [0.05, 0.1) is 0 Å². The van der Waals surface area contributed by atoms with E-state index in [2.05, 4.69) is 10.6 Å². The van der Waals surface area contributed by atoms with Crippen molar-refractivity contribution in [2.75, 3.05) is 12.6 Å². The smallest absolute Gasteiger partial charge is 0.408 e. The van der Waals surface area contributed by atoms with Gasteiger partial charge in [-0.2, -0.15) is 0 Å². The number of allylic oxidation sites excluding steroid dienone is 1. The third-order valence-electron chi connectivity index (χ3n) is 7.22. The zero-order valence-corrected chi connectivity index (χ0v) is 23.8. The Morgan fingerprint density at radius 3 is 2.51 bits per heavy atom. The average molecular weight is 573 g/mol. The minimum atomic E-state index is -4.49. The fourth-order valence-corrected chi connectivity index (χ4v) is 5.68. The maximum atomic E-state index is 13.6. The van der Waals surface area contributed by atoms with Gasteiger partial charge in [0, 0.05) is 12.5 Å². The Kier molecular flexibility index (Phi) is 10.0. The SMILES string of the molecule is CC(C)(C)OC(=O)NC1CCCCCCC/C=C\[C@@H]2C[C@@]2(C(=O)NS(=O)(=O)CF)NC(=O)[C@@H]2CCCN2C1=O. The molecular weight excluding hydrogens is 531 g/mol. The first-order valence-corrected chi connectivity index (χ1v) is 15.3. The van der Waals surface area contributed by atoms with Crippen LogP contribution in [0.25, 0.3) is 0 Å². The quantitative estimate of drug-likeness (QED) is 0.438. The molecule has 2 heterocycles. The molecule has 220 valence electrons. The number of alkyl carbamates (subject to hydrolysis) is 1. The van der Waals surface area contributed by atoms with Crippen LogP contribution in [0.3, 0.4) is 0 Å². The van der Waals surface area contributed by atoms with Crippen molar-refractivity contribution in [3.05, 3.63) is 12.2 Å². The Labute approximate surface area is 229 Å². The number of nitrogens with one attached hydrogen (secondary N) is 3. The lowest BCUT2D eigenvalue weighted by Gasteiger charge is -2.30. The van der Waals surface area contributed by atoms with Gasteiger partial charge in [-0.1, -0.05) is 37.8 Å².